The Kier molecular flexibility index (Phi) is 4.70. The van der Waals surface area contributed by atoms with Crippen molar-refractivity contribution in [1.29, 1.82) is 0 Å². The Morgan fingerprint density at radius 1 is 1.62 bits per heavy atom. The molecule has 0 aromatic carbocycles. The first-order chi connectivity index (χ1) is 6.22. The highest BCUT2D eigenvalue weighted by molar-refractivity contribution is 4.77. The summed E-state index contributed by atoms with van der Waals surface area (Å²) in [6.07, 6.45) is 3.41. The summed E-state index contributed by atoms with van der Waals surface area (Å²) < 4.78 is 5.46. The highest BCUT2D eigenvalue weighted by atomic mass is 16.5. The van der Waals surface area contributed by atoms with E-state index in [0.717, 1.165) is 25.9 Å². The van der Waals surface area contributed by atoms with Gasteiger partial charge in [-0.25, -0.2) is 0 Å². The van der Waals surface area contributed by atoms with Crippen LogP contribution in [0.25, 0.3) is 0 Å². The van der Waals surface area contributed by atoms with E-state index in [0.29, 0.717) is 18.2 Å². The maximum absolute atomic E-state index is 8.75. The molecule has 0 amide bonds. The van der Waals surface area contributed by atoms with Gasteiger partial charge in [-0.1, -0.05) is 0 Å². The van der Waals surface area contributed by atoms with Crippen molar-refractivity contribution in [2.24, 2.45) is 0 Å². The normalized spacial score (nSPS) is 31.6. The molecule has 2 N–H and O–H groups in total. The molecule has 0 radical (unpaired) electrons. The molecule has 3 heteroatoms. The van der Waals surface area contributed by atoms with Crippen LogP contribution in [0.15, 0.2) is 0 Å². The van der Waals surface area contributed by atoms with Crippen LogP contribution in [0.3, 0.4) is 0 Å². The number of nitrogens with one attached hydrogen (secondary N) is 1. The van der Waals surface area contributed by atoms with E-state index in [1.807, 2.05) is 0 Å². The average Bonchev–Trinajstić information content (AvgIpc) is 2.04. The molecular formula is C10H21NO2. The number of rotatable bonds is 4. The number of aliphatic hydroxyl groups excluding tert-OH is 1. The summed E-state index contributed by atoms with van der Waals surface area (Å²) in [5.74, 6) is 0. The third-order valence-corrected chi connectivity index (χ3v) is 2.57. The van der Waals surface area contributed by atoms with Gasteiger partial charge < -0.3 is 15.2 Å². The minimum Gasteiger partial charge on any atom is -0.396 e. The van der Waals surface area contributed by atoms with Crippen molar-refractivity contribution in [3.63, 3.8) is 0 Å². The fourth-order valence-electron chi connectivity index (χ4n) is 1.83. The van der Waals surface area contributed by atoms with Crippen LogP contribution in [0.1, 0.15) is 33.1 Å². The lowest BCUT2D eigenvalue weighted by atomic mass is 10.0. The molecule has 1 fully saturated rings. The van der Waals surface area contributed by atoms with Crippen molar-refractivity contribution in [2.75, 3.05) is 13.2 Å². The van der Waals surface area contributed by atoms with Gasteiger partial charge in [0.2, 0.25) is 0 Å². The molecule has 3 nitrogen and oxygen atoms in total. The fraction of sp³-hybridized carbons (Fsp3) is 1.00. The van der Waals surface area contributed by atoms with E-state index in [4.69, 9.17) is 9.84 Å². The van der Waals surface area contributed by atoms with E-state index >= 15 is 0 Å². The first kappa shape index (κ1) is 11.0. The van der Waals surface area contributed by atoms with Crippen LogP contribution in [0.5, 0.6) is 0 Å². The van der Waals surface area contributed by atoms with Crippen molar-refractivity contribution in [3.8, 4) is 0 Å². The average molecular weight is 187 g/mol. The highest BCUT2D eigenvalue weighted by Crippen LogP contribution is 2.13. The third kappa shape index (κ3) is 4.07. The Bertz CT molecular complexity index is 141. The second-order valence-electron chi connectivity index (χ2n) is 3.98. The van der Waals surface area contributed by atoms with Gasteiger partial charge in [0.1, 0.15) is 0 Å². The first-order valence-electron chi connectivity index (χ1n) is 5.21. The molecule has 1 aliphatic rings. The summed E-state index contributed by atoms with van der Waals surface area (Å²) in [5.41, 5.74) is 0. The van der Waals surface area contributed by atoms with Gasteiger partial charge in [-0.15, -0.1) is 0 Å². The van der Waals surface area contributed by atoms with Gasteiger partial charge in [-0.2, -0.15) is 0 Å². The molecule has 1 rings (SSSR count). The second-order valence-corrected chi connectivity index (χ2v) is 3.98. The van der Waals surface area contributed by atoms with Crippen LogP contribution >= 0.6 is 0 Å². The van der Waals surface area contributed by atoms with Crippen molar-refractivity contribution in [3.05, 3.63) is 0 Å². The molecule has 0 aromatic heterocycles. The van der Waals surface area contributed by atoms with Crippen LogP contribution in [0, 0.1) is 0 Å². The molecule has 0 aromatic rings. The summed E-state index contributed by atoms with van der Waals surface area (Å²) >= 11 is 0. The molecule has 13 heavy (non-hydrogen) atoms. The second kappa shape index (κ2) is 5.58. The van der Waals surface area contributed by atoms with E-state index < -0.39 is 0 Å². The van der Waals surface area contributed by atoms with E-state index in [2.05, 4.69) is 19.2 Å². The van der Waals surface area contributed by atoms with Crippen LogP contribution in [0.4, 0.5) is 0 Å². The Morgan fingerprint density at radius 3 is 3.00 bits per heavy atom. The molecule has 0 bridgehead atoms. The first-order valence-corrected chi connectivity index (χ1v) is 5.21. The van der Waals surface area contributed by atoms with Gasteiger partial charge in [0.25, 0.3) is 0 Å². The zero-order chi connectivity index (χ0) is 9.68. The lowest BCUT2D eigenvalue weighted by Gasteiger charge is -2.30. The van der Waals surface area contributed by atoms with E-state index in [1.54, 1.807) is 0 Å². The molecule has 78 valence electrons. The molecule has 0 saturated carbocycles. The van der Waals surface area contributed by atoms with Crippen LogP contribution < -0.4 is 5.32 Å². The molecular weight excluding hydrogens is 166 g/mol. The largest absolute Gasteiger partial charge is 0.396 e. The van der Waals surface area contributed by atoms with Crippen molar-refractivity contribution in [2.45, 2.75) is 51.3 Å². The fourth-order valence-corrected chi connectivity index (χ4v) is 1.83. The maximum atomic E-state index is 8.75. The van der Waals surface area contributed by atoms with Gasteiger partial charge in [0, 0.05) is 25.3 Å². The molecule has 0 spiro atoms. The summed E-state index contributed by atoms with van der Waals surface area (Å²) in [7, 11) is 0. The van der Waals surface area contributed by atoms with Gasteiger partial charge in [-0.3, -0.25) is 0 Å². The SMILES string of the molecule is CC(CCO)NC1CCOC(C)C1. The molecule has 3 unspecified atom stereocenters. The number of ether oxygens (including phenoxy) is 1. The van der Waals surface area contributed by atoms with E-state index in [9.17, 15) is 0 Å². The molecule has 1 heterocycles. The van der Waals surface area contributed by atoms with E-state index in [1.165, 1.54) is 0 Å². The maximum Gasteiger partial charge on any atom is 0.0561 e. The van der Waals surface area contributed by atoms with Gasteiger partial charge in [0.05, 0.1) is 6.10 Å². The van der Waals surface area contributed by atoms with E-state index in [-0.39, 0.29) is 6.61 Å². The highest BCUT2D eigenvalue weighted by Gasteiger charge is 2.19. The summed E-state index contributed by atoms with van der Waals surface area (Å²) in [6.45, 7) is 5.37. The summed E-state index contributed by atoms with van der Waals surface area (Å²) in [4.78, 5) is 0. The van der Waals surface area contributed by atoms with Gasteiger partial charge in [-0.05, 0) is 33.1 Å². The lowest BCUT2D eigenvalue weighted by molar-refractivity contribution is 0.0112. The smallest absolute Gasteiger partial charge is 0.0561 e. The van der Waals surface area contributed by atoms with Gasteiger partial charge >= 0.3 is 0 Å². The third-order valence-electron chi connectivity index (χ3n) is 2.57. The Morgan fingerprint density at radius 2 is 2.38 bits per heavy atom. The molecule has 0 aliphatic carbocycles. The van der Waals surface area contributed by atoms with Crippen molar-refractivity contribution >= 4 is 0 Å². The molecule has 3 atom stereocenters. The number of aliphatic hydroxyl groups is 1. The van der Waals surface area contributed by atoms with Crippen LogP contribution in [-0.4, -0.2) is 36.5 Å². The standard InChI is InChI=1S/C10H21NO2/c1-8(3-5-12)11-10-4-6-13-9(2)7-10/h8-12H,3-7H2,1-2H3. The summed E-state index contributed by atoms with van der Waals surface area (Å²) in [6, 6.07) is 0.991. The van der Waals surface area contributed by atoms with Crippen molar-refractivity contribution in [1.82, 2.24) is 5.32 Å². The number of hydrogen-bond acceptors (Lipinski definition) is 3. The summed E-state index contributed by atoms with van der Waals surface area (Å²) in [5, 5.41) is 12.3. The Hall–Kier alpha value is -0.120. The minimum atomic E-state index is 0.271. The predicted molar refractivity (Wildman–Crippen MR) is 52.7 cm³/mol. The van der Waals surface area contributed by atoms with Crippen LogP contribution in [0.2, 0.25) is 0 Å². The van der Waals surface area contributed by atoms with Crippen molar-refractivity contribution < 1.29 is 9.84 Å². The monoisotopic (exact) mass is 187 g/mol. The molecule has 1 aliphatic heterocycles. The Balaban J connectivity index is 2.19. The zero-order valence-electron chi connectivity index (χ0n) is 8.62. The topological polar surface area (TPSA) is 41.5 Å². The predicted octanol–water partition coefficient (Wildman–Crippen LogP) is 0.914. The minimum absolute atomic E-state index is 0.271. The van der Waals surface area contributed by atoms with Crippen LogP contribution in [-0.2, 0) is 4.74 Å². The quantitative estimate of drug-likeness (QED) is 0.687. The zero-order valence-corrected chi connectivity index (χ0v) is 8.62. The lowest BCUT2D eigenvalue weighted by Crippen LogP contribution is -2.42. The molecule has 1 saturated heterocycles. The number of hydrogen-bond donors (Lipinski definition) is 2. The Labute approximate surface area is 80.5 Å². The van der Waals surface area contributed by atoms with Gasteiger partial charge in [0.15, 0.2) is 0 Å².